The lowest BCUT2D eigenvalue weighted by Gasteiger charge is -2.12. The summed E-state index contributed by atoms with van der Waals surface area (Å²) in [4.78, 5) is 9.54. The van der Waals surface area contributed by atoms with Gasteiger partial charge in [0.15, 0.2) is 0 Å². The summed E-state index contributed by atoms with van der Waals surface area (Å²) in [5.41, 5.74) is 2.81. The summed E-state index contributed by atoms with van der Waals surface area (Å²) >= 11 is 1.98. The van der Waals surface area contributed by atoms with Gasteiger partial charge in [0.2, 0.25) is 5.95 Å². The molecule has 3 rings (SSSR count). The molecule has 0 bridgehead atoms. The lowest BCUT2D eigenvalue weighted by Crippen LogP contribution is -2.17. The zero-order chi connectivity index (χ0) is 14.1. The molecule has 5 heteroatoms. The molecule has 0 atom stereocenters. The Morgan fingerprint density at radius 1 is 1.35 bits per heavy atom. The average molecular weight is 290 g/mol. The van der Waals surface area contributed by atoms with Crippen LogP contribution in [0.5, 0.6) is 0 Å². The van der Waals surface area contributed by atoms with Crippen LogP contribution < -0.4 is 10.2 Å². The summed E-state index contributed by atoms with van der Waals surface area (Å²) in [5.74, 6) is 0.997. The summed E-state index contributed by atoms with van der Waals surface area (Å²) in [6.45, 7) is 1.82. The number of aromatic nitrogens is 2. The van der Waals surface area contributed by atoms with Gasteiger partial charge in [-0.15, -0.1) is 11.3 Å². The Bertz CT molecular complexity index is 576. The Hall–Kier alpha value is -1.33. The molecular formula is C15H22N4S. The van der Waals surface area contributed by atoms with Crippen LogP contribution >= 0.6 is 11.3 Å². The number of hydrogen-bond donors (Lipinski definition) is 1. The van der Waals surface area contributed by atoms with Crippen molar-refractivity contribution in [3.63, 3.8) is 0 Å². The highest BCUT2D eigenvalue weighted by molar-refractivity contribution is 7.12. The molecule has 0 saturated heterocycles. The highest BCUT2D eigenvalue weighted by Gasteiger charge is 2.14. The zero-order valence-electron chi connectivity index (χ0n) is 12.4. The highest BCUT2D eigenvalue weighted by Crippen LogP contribution is 2.30. The Morgan fingerprint density at radius 2 is 2.20 bits per heavy atom. The fourth-order valence-corrected chi connectivity index (χ4v) is 4.04. The molecule has 0 spiro atoms. The molecule has 2 aromatic heterocycles. The lowest BCUT2D eigenvalue weighted by atomic mass is 10.2. The van der Waals surface area contributed by atoms with Crippen LogP contribution in [-0.4, -0.2) is 23.6 Å². The number of nitrogens with one attached hydrogen (secondary N) is 1. The molecule has 4 nitrogen and oxygen atoms in total. The number of imidazole rings is 1. The van der Waals surface area contributed by atoms with E-state index in [1.54, 1.807) is 10.4 Å². The number of thiophene rings is 1. The van der Waals surface area contributed by atoms with Crippen LogP contribution in [0.15, 0.2) is 12.3 Å². The zero-order valence-corrected chi connectivity index (χ0v) is 13.3. The molecule has 0 aromatic carbocycles. The Morgan fingerprint density at radius 3 is 2.90 bits per heavy atom. The molecular weight excluding hydrogens is 268 g/mol. The fraction of sp³-hybridized carbons (Fsp3) is 0.533. The van der Waals surface area contributed by atoms with Gasteiger partial charge in [-0.25, -0.2) is 4.98 Å². The summed E-state index contributed by atoms with van der Waals surface area (Å²) < 4.78 is 2.14. The van der Waals surface area contributed by atoms with Gasteiger partial charge in [0, 0.05) is 44.0 Å². The fourth-order valence-electron chi connectivity index (χ4n) is 2.81. The van der Waals surface area contributed by atoms with Crippen molar-refractivity contribution < 1.29 is 0 Å². The minimum atomic E-state index is 0.861. The predicted molar refractivity (Wildman–Crippen MR) is 84.4 cm³/mol. The molecule has 0 radical (unpaired) electrons. The van der Waals surface area contributed by atoms with Crippen molar-refractivity contribution in [1.29, 1.82) is 0 Å². The van der Waals surface area contributed by atoms with E-state index in [2.05, 4.69) is 28.0 Å². The van der Waals surface area contributed by atoms with Gasteiger partial charge in [-0.3, -0.25) is 0 Å². The minimum Gasteiger partial charge on any atom is -0.348 e. The molecule has 0 fully saturated rings. The number of hydrogen-bond acceptors (Lipinski definition) is 4. The molecule has 2 heterocycles. The summed E-state index contributed by atoms with van der Waals surface area (Å²) in [7, 11) is 6.11. The largest absolute Gasteiger partial charge is 0.348 e. The molecule has 1 N–H and O–H groups in total. The van der Waals surface area contributed by atoms with Crippen molar-refractivity contribution in [3.8, 4) is 0 Å². The van der Waals surface area contributed by atoms with E-state index >= 15 is 0 Å². The Kier molecular flexibility index (Phi) is 3.81. The molecule has 0 amide bonds. The second kappa shape index (κ2) is 5.58. The minimum absolute atomic E-state index is 0.861. The first-order chi connectivity index (χ1) is 9.65. The van der Waals surface area contributed by atoms with Gasteiger partial charge in [0.05, 0.1) is 11.9 Å². The quantitative estimate of drug-likeness (QED) is 0.917. The maximum absolute atomic E-state index is 4.43. The van der Waals surface area contributed by atoms with Crippen molar-refractivity contribution in [2.75, 3.05) is 19.0 Å². The van der Waals surface area contributed by atoms with Crippen molar-refractivity contribution in [3.05, 3.63) is 33.3 Å². The summed E-state index contributed by atoms with van der Waals surface area (Å²) in [6, 6.07) is 2.38. The van der Waals surface area contributed by atoms with E-state index in [9.17, 15) is 0 Å². The smallest absolute Gasteiger partial charge is 0.204 e. The molecule has 0 saturated carbocycles. The predicted octanol–water partition coefficient (Wildman–Crippen LogP) is 2.33. The van der Waals surface area contributed by atoms with Crippen LogP contribution in [0.4, 0.5) is 5.95 Å². The van der Waals surface area contributed by atoms with Crippen LogP contribution in [0.3, 0.4) is 0 Å². The molecule has 2 aromatic rings. The van der Waals surface area contributed by atoms with E-state index in [4.69, 9.17) is 0 Å². The van der Waals surface area contributed by atoms with E-state index in [1.165, 1.54) is 29.8 Å². The van der Waals surface area contributed by atoms with Crippen molar-refractivity contribution in [2.24, 2.45) is 7.05 Å². The van der Waals surface area contributed by atoms with Crippen molar-refractivity contribution in [1.82, 2.24) is 14.9 Å². The van der Waals surface area contributed by atoms with Gasteiger partial charge < -0.3 is 14.8 Å². The van der Waals surface area contributed by atoms with Gasteiger partial charge in [-0.2, -0.15) is 0 Å². The second-order valence-electron chi connectivity index (χ2n) is 5.62. The third-order valence-corrected chi connectivity index (χ3v) is 5.10. The molecule has 1 aliphatic carbocycles. The van der Waals surface area contributed by atoms with E-state index in [0.29, 0.717) is 0 Å². The van der Waals surface area contributed by atoms with Crippen LogP contribution in [-0.2, 0) is 33.0 Å². The first kappa shape index (κ1) is 13.6. The molecule has 0 unspecified atom stereocenters. The molecule has 108 valence electrons. The first-order valence-electron chi connectivity index (χ1n) is 7.14. The normalized spacial score (nSPS) is 13.8. The third-order valence-electron chi connectivity index (χ3n) is 3.86. The van der Waals surface area contributed by atoms with Crippen LogP contribution in [0.1, 0.15) is 27.4 Å². The van der Waals surface area contributed by atoms with Gasteiger partial charge >= 0.3 is 0 Å². The maximum Gasteiger partial charge on any atom is 0.204 e. The van der Waals surface area contributed by atoms with Crippen molar-refractivity contribution in [2.45, 2.75) is 32.4 Å². The number of rotatable bonds is 5. The number of fused-ring (bicyclic) bond motifs is 1. The number of nitrogens with zero attached hydrogens (tertiary/aromatic N) is 3. The SMILES string of the molecule is CN(C)c1ncc(CNCc2cc3c(s2)CCC3)n1C. The van der Waals surface area contributed by atoms with E-state index in [0.717, 1.165) is 19.0 Å². The van der Waals surface area contributed by atoms with Crippen LogP contribution in [0, 0.1) is 0 Å². The van der Waals surface area contributed by atoms with Gasteiger partial charge in [-0.1, -0.05) is 0 Å². The number of anilines is 1. The van der Waals surface area contributed by atoms with Gasteiger partial charge in [0.25, 0.3) is 0 Å². The Balaban J connectivity index is 1.57. The average Bonchev–Trinajstić information content (AvgIpc) is 3.04. The highest BCUT2D eigenvalue weighted by atomic mass is 32.1. The number of aryl methyl sites for hydroxylation is 2. The van der Waals surface area contributed by atoms with E-state index < -0.39 is 0 Å². The maximum atomic E-state index is 4.43. The van der Waals surface area contributed by atoms with Gasteiger partial charge in [0.1, 0.15) is 0 Å². The molecule has 0 aliphatic heterocycles. The summed E-state index contributed by atoms with van der Waals surface area (Å²) in [6.07, 6.45) is 5.86. The summed E-state index contributed by atoms with van der Waals surface area (Å²) in [5, 5.41) is 3.53. The van der Waals surface area contributed by atoms with Crippen LogP contribution in [0.2, 0.25) is 0 Å². The van der Waals surface area contributed by atoms with Crippen LogP contribution in [0.25, 0.3) is 0 Å². The first-order valence-corrected chi connectivity index (χ1v) is 7.96. The third kappa shape index (κ3) is 2.60. The van der Waals surface area contributed by atoms with E-state index in [-0.39, 0.29) is 0 Å². The second-order valence-corrected chi connectivity index (χ2v) is 6.84. The lowest BCUT2D eigenvalue weighted by molar-refractivity contribution is 0.659. The standard InChI is InChI=1S/C15H22N4S/c1-18(2)15-17-9-12(19(15)3)8-16-10-13-7-11-5-4-6-14(11)20-13/h7,9,16H,4-6,8,10H2,1-3H3. The van der Waals surface area contributed by atoms with Crippen molar-refractivity contribution >= 4 is 17.3 Å². The van der Waals surface area contributed by atoms with Gasteiger partial charge in [-0.05, 0) is 30.9 Å². The molecule has 1 aliphatic rings. The Labute approximate surface area is 124 Å². The monoisotopic (exact) mass is 290 g/mol. The van der Waals surface area contributed by atoms with E-state index in [1.807, 2.05) is 36.5 Å². The molecule has 20 heavy (non-hydrogen) atoms. The topological polar surface area (TPSA) is 33.1 Å².